The zero-order valence-electron chi connectivity index (χ0n) is 12.5. The molecule has 4 nitrogen and oxygen atoms in total. The van der Waals surface area contributed by atoms with Crippen molar-refractivity contribution < 1.29 is 4.79 Å². The molecule has 0 saturated heterocycles. The maximum absolute atomic E-state index is 11.4. The van der Waals surface area contributed by atoms with Crippen molar-refractivity contribution in [3.05, 3.63) is 30.1 Å². The first kappa shape index (κ1) is 14.6. The first-order valence-corrected chi connectivity index (χ1v) is 7.34. The van der Waals surface area contributed by atoms with Crippen molar-refractivity contribution in [2.45, 2.75) is 46.1 Å². The zero-order chi connectivity index (χ0) is 14.5. The first-order valence-electron chi connectivity index (χ1n) is 7.34. The summed E-state index contributed by atoms with van der Waals surface area (Å²) in [5, 5.41) is 2.94. The molecule has 2 rings (SSSR count). The molecule has 108 valence electrons. The molecular weight excluding hydrogens is 250 g/mol. The van der Waals surface area contributed by atoms with Gasteiger partial charge in [-0.25, -0.2) is 4.98 Å². The fourth-order valence-corrected chi connectivity index (χ4v) is 2.31. The Labute approximate surface area is 120 Å². The second-order valence-electron chi connectivity index (χ2n) is 5.42. The highest BCUT2D eigenvalue weighted by atomic mass is 16.1. The van der Waals surface area contributed by atoms with Crippen LogP contribution in [0, 0.1) is 0 Å². The standard InChI is InChI=1S/C16H23N3O/c1-4-5-16(20)17-9-8-13-6-7-15-14(10-13)18-11-19(15)12(2)3/h6-7,10-12H,4-5,8-9H2,1-3H3,(H,17,20). The molecule has 0 saturated carbocycles. The number of nitrogens with one attached hydrogen (secondary N) is 1. The van der Waals surface area contributed by atoms with E-state index < -0.39 is 0 Å². The Bertz CT molecular complexity index is 586. The van der Waals surface area contributed by atoms with E-state index in [9.17, 15) is 4.79 Å². The molecule has 1 amide bonds. The molecule has 1 heterocycles. The van der Waals surface area contributed by atoms with Gasteiger partial charge in [0.1, 0.15) is 0 Å². The van der Waals surface area contributed by atoms with Gasteiger partial charge in [-0.2, -0.15) is 0 Å². The number of imidazole rings is 1. The van der Waals surface area contributed by atoms with Crippen LogP contribution in [0.2, 0.25) is 0 Å². The molecule has 0 aliphatic heterocycles. The average Bonchev–Trinajstić information content (AvgIpc) is 2.82. The van der Waals surface area contributed by atoms with E-state index in [0.29, 0.717) is 19.0 Å². The molecule has 0 spiro atoms. The molecule has 4 heteroatoms. The van der Waals surface area contributed by atoms with E-state index in [2.05, 4.69) is 46.9 Å². The van der Waals surface area contributed by atoms with Gasteiger partial charge in [-0.15, -0.1) is 0 Å². The van der Waals surface area contributed by atoms with E-state index in [1.165, 1.54) is 11.1 Å². The lowest BCUT2D eigenvalue weighted by molar-refractivity contribution is -0.121. The normalized spacial score (nSPS) is 11.2. The summed E-state index contributed by atoms with van der Waals surface area (Å²) in [5.41, 5.74) is 3.40. The number of hydrogen-bond donors (Lipinski definition) is 1. The van der Waals surface area contributed by atoms with E-state index in [1.807, 2.05) is 13.3 Å². The lowest BCUT2D eigenvalue weighted by Gasteiger charge is -2.08. The molecule has 1 aromatic carbocycles. The molecule has 2 aromatic rings. The maximum atomic E-state index is 11.4. The molecule has 0 aliphatic carbocycles. The first-order chi connectivity index (χ1) is 9.61. The van der Waals surface area contributed by atoms with Crippen LogP contribution in [0.25, 0.3) is 11.0 Å². The lowest BCUT2D eigenvalue weighted by Crippen LogP contribution is -2.25. The Morgan fingerprint density at radius 3 is 2.90 bits per heavy atom. The number of carbonyl (C=O) groups excluding carboxylic acids is 1. The third-order valence-electron chi connectivity index (χ3n) is 3.41. The molecule has 0 fully saturated rings. The van der Waals surface area contributed by atoms with Gasteiger partial charge in [-0.1, -0.05) is 13.0 Å². The predicted molar refractivity (Wildman–Crippen MR) is 81.7 cm³/mol. The summed E-state index contributed by atoms with van der Waals surface area (Å²) < 4.78 is 2.17. The number of nitrogens with zero attached hydrogens (tertiary/aromatic N) is 2. The van der Waals surface area contributed by atoms with E-state index in [4.69, 9.17) is 0 Å². The van der Waals surface area contributed by atoms with E-state index in [0.717, 1.165) is 18.4 Å². The molecule has 0 unspecified atom stereocenters. The van der Waals surface area contributed by atoms with Gasteiger partial charge in [0.25, 0.3) is 0 Å². The zero-order valence-corrected chi connectivity index (χ0v) is 12.5. The highest BCUT2D eigenvalue weighted by molar-refractivity contribution is 5.77. The molecule has 1 aromatic heterocycles. The summed E-state index contributed by atoms with van der Waals surface area (Å²) in [4.78, 5) is 15.8. The number of amides is 1. The number of aromatic nitrogens is 2. The monoisotopic (exact) mass is 273 g/mol. The molecule has 0 atom stereocenters. The number of hydrogen-bond acceptors (Lipinski definition) is 2. The van der Waals surface area contributed by atoms with Crippen molar-refractivity contribution in [1.29, 1.82) is 0 Å². The van der Waals surface area contributed by atoms with Gasteiger partial charge in [-0.05, 0) is 44.4 Å². The summed E-state index contributed by atoms with van der Waals surface area (Å²) in [6.07, 6.45) is 4.24. The molecule has 1 N–H and O–H groups in total. The molecule has 0 aliphatic rings. The van der Waals surface area contributed by atoms with Crippen LogP contribution in [-0.2, 0) is 11.2 Å². The van der Waals surface area contributed by atoms with Crippen LogP contribution in [0.3, 0.4) is 0 Å². The third-order valence-corrected chi connectivity index (χ3v) is 3.41. The summed E-state index contributed by atoms with van der Waals surface area (Å²) in [6, 6.07) is 6.76. The SMILES string of the molecule is CCCC(=O)NCCc1ccc2c(c1)ncn2C(C)C. The molecule has 0 bridgehead atoms. The Morgan fingerprint density at radius 2 is 2.20 bits per heavy atom. The van der Waals surface area contributed by atoms with Crippen LogP contribution in [0.1, 0.15) is 45.2 Å². The average molecular weight is 273 g/mol. The molecular formula is C16H23N3O. The number of benzene rings is 1. The van der Waals surface area contributed by atoms with Crippen molar-refractivity contribution in [3.63, 3.8) is 0 Å². The van der Waals surface area contributed by atoms with Crippen molar-refractivity contribution in [3.8, 4) is 0 Å². The Morgan fingerprint density at radius 1 is 1.40 bits per heavy atom. The number of fused-ring (bicyclic) bond motifs is 1. The largest absolute Gasteiger partial charge is 0.356 e. The third kappa shape index (κ3) is 3.38. The van der Waals surface area contributed by atoms with Gasteiger partial charge in [0.15, 0.2) is 0 Å². The quantitative estimate of drug-likeness (QED) is 0.879. The van der Waals surface area contributed by atoms with Crippen LogP contribution >= 0.6 is 0 Å². The van der Waals surface area contributed by atoms with Gasteiger partial charge >= 0.3 is 0 Å². The number of carbonyl (C=O) groups is 1. The Kier molecular flexibility index (Phi) is 4.77. The van der Waals surface area contributed by atoms with Gasteiger partial charge in [0, 0.05) is 19.0 Å². The van der Waals surface area contributed by atoms with Crippen molar-refractivity contribution >= 4 is 16.9 Å². The highest BCUT2D eigenvalue weighted by Gasteiger charge is 2.06. The second kappa shape index (κ2) is 6.55. The maximum Gasteiger partial charge on any atom is 0.219 e. The van der Waals surface area contributed by atoms with Crippen molar-refractivity contribution in [1.82, 2.24) is 14.9 Å². The smallest absolute Gasteiger partial charge is 0.219 e. The lowest BCUT2D eigenvalue weighted by atomic mass is 10.1. The predicted octanol–water partition coefficient (Wildman–Crippen LogP) is 3.08. The minimum Gasteiger partial charge on any atom is -0.356 e. The van der Waals surface area contributed by atoms with Crippen LogP contribution in [0.5, 0.6) is 0 Å². The summed E-state index contributed by atoms with van der Waals surface area (Å²) in [7, 11) is 0. The summed E-state index contributed by atoms with van der Waals surface area (Å²) >= 11 is 0. The Balaban J connectivity index is 2.00. The fraction of sp³-hybridized carbons (Fsp3) is 0.500. The second-order valence-corrected chi connectivity index (χ2v) is 5.42. The van der Waals surface area contributed by atoms with Crippen LogP contribution in [0.4, 0.5) is 0 Å². The highest BCUT2D eigenvalue weighted by Crippen LogP contribution is 2.18. The van der Waals surface area contributed by atoms with Gasteiger partial charge in [0.05, 0.1) is 17.4 Å². The number of rotatable bonds is 6. The van der Waals surface area contributed by atoms with Crippen LogP contribution < -0.4 is 5.32 Å². The van der Waals surface area contributed by atoms with E-state index in [-0.39, 0.29) is 5.91 Å². The minimum atomic E-state index is 0.137. The summed E-state index contributed by atoms with van der Waals surface area (Å²) in [5.74, 6) is 0.137. The van der Waals surface area contributed by atoms with E-state index in [1.54, 1.807) is 0 Å². The topological polar surface area (TPSA) is 46.9 Å². The molecule has 20 heavy (non-hydrogen) atoms. The van der Waals surface area contributed by atoms with Crippen LogP contribution in [-0.4, -0.2) is 22.0 Å². The van der Waals surface area contributed by atoms with Gasteiger partial charge in [0.2, 0.25) is 5.91 Å². The van der Waals surface area contributed by atoms with Crippen molar-refractivity contribution in [2.75, 3.05) is 6.54 Å². The fourth-order valence-electron chi connectivity index (χ4n) is 2.31. The van der Waals surface area contributed by atoms with E-state index >= 15 is 0 Å². The minimum absolute atomic E-state index is 0.137. The van der Waals surface area contributed by atoms with Gasteiger partial charge in [-0.3, -0.25) is 4.79 Å². The van der Waals surface area contributed by atoms with Crippen LogP contribution in [0.15, 0.2) is 24.5 Å². The Hall–Kier alpha value is -1.84. The summed E-state index contributed by atoms with van der Waals surface area (Å²) in [6.45, 7) is 7.00. The molecule has 0 radical (unpaired) electrons. The van der Waals surface area contributed by atoms with Crippen molar-refractivity contribution in [2.24, 2.45) is 0 Å². The van der Waals surface area contributed by atoms with Gasteiger partial charge < -0.3 is 9.88 Å².